The van der Waals surface area contributed by atoms with Gasteiger partial charge in [0.05, 0.1) is 5.69 Å². The molecule has 1 heterocycles. The Labute approximate surface area is 112 Å². The first-order valence-corrected chi connectivity index (χ1v) is 5.97. The second-order valence-corrected chi connectivity index (χ2v) is 4.18. The van der Waals surface area contributed by atoms with E-state index in [-0.39, 0.29) is 11.4 Å². The minimum atomic E-state index is -4.74. The zero-order valence-electron chi connectivity index (χ0n) is 9.99. The summed E-state index contributed by atoms with van der Waals surface area (Å²) in [5.41, 5.74) is 1.05. The number of nitrogens with one attached hydrogen (secondary N) is 1. The molecule has 3 nitrogen and oxygen atoms in total. The van der Waals surface area contributed by atoms with Gasteiger partial charge < -0.3 is 9.72 Å². The lowest BCUT2D eigenvalue weighted by atomic mass is 10.2. The molecule has 2 rings (SSSR count). The summed E-state index contributed by atoms with van der Waals surface area (Å²) in [4.78, 5) is 2.82. The Morgan fingerprint density at radius 1 is 1.32 bits per heavy atom. The van der Waals surface area contributed by atoms with Crippen LogP contribution < -0.4 is 4.74 Å². The molecule has 0 aliphatic heterocycles. The smallest absolute Gasteiger partial charge is 0.404 e. The second kappa shape index (κ2) is 5.08. The predicted molar refractivity (Wildman–Crippen MR) is 67.0 cm³/mol. The largest absolute Gasteiger partial charge is 0.573 e. The van der Waals surface area contributed by atoms with Crippen LogP contribution in [0.25, 0.3) is 5.69 Å². The Balaban J connectivity index is 2.56. The van der Waals surface area contributed by atoms with Crippen LogP contribution in [0, 0.1) is 4.77 Å². The number of ether oxygens (including phenoxy) is 1. The maximum Gasteiger partial charge on any atom is 0.573 e. The number of H-pyrrole nitrogens is 1. The van der Waals surface area contributed by atoms with E-state index in [1.54, 1.807) is 12.3 Å². The molecule has 1 N–H and O–H groups in total. The van der Waals surface area contributed by atoms with E-state index in [9.17, 15) is 13.2 Å². The molecule has 0 bridgehead atoms. The average molecular weight is 288 g/mol. The van der Waals surface area contributed by atoms with Crippen molar-refractivity contribution in [3.05, 3.63) is 40.9 Å². The topological polar surface area (TPSA) is 29.9 Å². The Hall–Kier alpha value is -1.76. The summed E-state index contributed by atoms with van der Waals surface area (Å²) in [6, 6.07) is 5.90. The highest BCUT2D eigenvalue weighted by atomic mass is 32.1. The van der Waals surface area contributed by atoms with Gasteiger partial charge in [-0.05, 0) is 30.8 Å². The molecule has 0 saturated heterocycles. The number of aromatic nitrogens is 2. The number of rotatable bonds is 3. The third-order valence-electron chi connectivity index (χ3n) is 2.55. The average Bonchev–Trinajstić information content (AvgIpc) is 2.69. The Kier molecular flexibility index (Phi) is 3.66. The van der Waals surface area contributed by atoms with Crippen molar-refractivity contribution in [2.24, 2.45) is 0 Å². The first-order chi connectivity index (χ1) is 8.92. The summed E-state index contributed by atoms with van der Waals surface area (Å²) in [6.45, 7) is 1.89. The molecule has 19 heavy (non-hydrogen) atoms. The number of alkyl halides is 3. The van der Waals surface area contributed by atoms with Crippen LogP contribution in [0.5, 0.6) is 5.75 Å². The summed E-state index contributed by atoms with van der Waals surface area (Å²) in [7, 11) is 0. The molecule has 0 atom stereocenters. The zero-order chi connectivity index (χ0) is 14.0. The molecule has 102 valence electrons. The number of aryl methyl sites for hydroxylation is 1. The van der Waals surface area contributed by atoms with Gasteiger partial charge in [0.1, 0.15) is 0 Å². The minimum Gasteiger partial charge on any atom is -0.404 e. The number of aromatic amines is 1. The van der Waals surface area contributed by atoms with Crippen LogP contribution in [0.4, 0.5) is 13.2 Å². The Morgan fingerprint density at radius 2 is 2.00 bits per heavy atom. The first kappa shape index (κ1) is 13.7. The van der Waals surface area contributed by atoms with Crippen molar-refractivity contribution in [3.63, 3.8) is 0 Å². The van der Waals surface area contributed by atoms with Gasteiger partial charge in [-0.2, -0.15) is 0 Å². The van der Waals surface area contributed by atoms with Crippen molar-refractivity contribution < 1.29 is 17.9 Å². The lowest BCUT2D eigenvalue weighted by molar-refractivity contribution is -0.274. The summed E-state index contributed by atoms with van der Waals surface area (Å²) >= 11 is 5.09. The van der Waals surface area contributed by atoms with Crippen molar-refractivity contribution in [3.8, 4) is 11.4 Å². The van der Waals surface area contributed by atoms with Crippen LogP contribution in [-0.4, -0.2) is 15.9 Å². The minimum absolute atomic E-state index is 0.267. The lowest BCUT2D eigenvalue weighted by Gasteiger charge is -2.15. The third-order valence-corrected chi connectivity index (χ3v) is 2.85. The van der Waals surface area contributed by atoms with Crippen molar-refractivity contribution in [1.29, 1.82) is 0 Å². The molecule has 0 spiro atoms. The van der Waals surface area contributed by atoms with E-state index in [2.05, 4.69) is 9.72 Å². The fraction of sp³-hybridized carbons (Fsp3) is 0.250. The van der Waals surface area contributed by atoms with E-state index in [4.69, 9.17) is 12.2 Å². The van der Waals surface area contributed by atoms with Crippen LogP contribution in [0.3, 0.4) is 0 Å². The first-order valence-electron chi connectivity index (χ1n) is 5.57. The Bertz CT molecular complexity index is 630. The summed E-state index contributed by atoms with van der Waals surface area (Å²) in [5.74, 6) is -0.277. The van der Waals surface area contributed by atoms with Crippen LogP contribution in [-0.2, 0) is 6.42 Å². The van der Waals surface area contributed by atoms with Crippen LogP contribution in [0.15, 0.2) is 30.5 Å². The van der Waals surface area contributed by atoms with Gasteiger partial charge in [-0.25, -0.2) is 0 Å². The van der Waals surface area contributed by atoms with Crippen molar-refractivity contribution in [2.75, 3.05) is 0 Å². The molecule has 0 saturated carbocycles. The van der Waals surface area contributed by atoms with E-state index >= 15 is 0 Å². The van der Waals surface area contributed by atoms with E-state index < -0.39 is 6.36 Å². The molecular weight excluding hydrogens is 277 g/mol. The number of para-hydroxylation sites is 2. The van der Waals surface area contributed by atoms with Gasteiger partial charge >= 0.3 is 6.36 Å². The SMILES string of the molecule is CCc1c[nH]c(=S)n1-c1ccccc1OC(F)(F)F. The van der Waals surface area contributed by atoms with Crippen molar-refractivity contribution >= 4 is 12.2 Å². The van der Waals surface area contributed by atoms with E-state index in [0.717, 1.165) is 5.69 Å². The molecule has 0 unspecified atom stereocenters. The predicted octanol–water partition coefficient (Wildman–Crippen LogP) is 4.00. The summed E-state index contributed by atoms with van der Waals surface area (Å²) < 4.78 is 43.0. The van der Waals surface area contributed by atoms with Gasteiger partial charge in [-0.3, -0.25) is 4.57 Å². The molecule has 0 aliphatic rings. The highest BCUT2D eigenvalue weighted by molar-refractivity contribution is 7.71. The number of benzene rings is 1. The molecule has 1 aromatic heterocycles. The highest BCUT2D eigenvalue weighted by Gasteiger charge is 2.32. The third kappa shape index (κ3) is 2.98. The monoisotopic (exact) mass is 288 g/mol. The molecule has 0 aliphatic carbocycles. The highest BCUT2D eigenvalue weighted by Crippen LogP contribution is 2.29. The molecule has 0 fully saturated rings. The van der Waals surface area contributed by atoms with Gasteiger partial charge in [-0.1, -0.05) is 19.1 Å². The van der Waals surface area contributed by atoms with Crippen LogP contribution >= 0.6 is 12.2 Å². The Morgan fingerprint density at radius 3 is 2.63 bits per heavy atom. The van der Waals surface area contributed by atoms with E-state index in [1.807, 2.05) is 6.92 Å². The molecule has 0 radical (unpaired) electrons. The summed E-state index contributed by atoms with van der Waals surface area (Å²) in [6.07, 6.45) is -2.43. The van der Waals surface area contributed by atoms with Gasteiger partial charge in [0, 0.05) is 11.9 Å². The van der Waals surface area contributed by atoms with Crippen LogP contribution in [0.1, 0.15) is 12.6 Å². The standard InChI is InChI=1S/C12H11F3N2OS/c1-2-8-7-16-11(19)17(8)9-5-3-4-6-10(9)18-12(13,14)15/h3-7H,2H2,1H3,(H,16,19). The second-order valence-electron chi connectivity index (χ2n) is 3.79. The van der Waals surface area contributed by atoms with Gasteiger partial charge in [-0.15, -0.1) is 13.2 Å². The number of nitrogens with zero attached hydrogens (tertiary/aromatic N) is 1. The molecule has 7 heteroatoms. The van der Waals surface area contributed by atoms with E-state index in [1.165, 1.54) is 22.8 Å². The number of hydrogen-bond donors (Lipinski definition) is 1. The molecular formula is C12H11F3N2OS. The quantitative estimate of drug-likeness (QED) is 0.865. The van der Waals surface area contributed by atoms with E-state index in [0.29, 0.717) is 11.2 Å². The van der Waals surface area contributed by atoms with Crippen LogP contribution in [0.2, 0.25) is 0 Å². The zero-order valence-corrected chi connectivity index (χ0v) is 10.8. The lowest BCUT2D eigenvalue weighted by Crippen LogP contribution is -2.18. The molecule has 1 aromatic carbocycles. The van der Waals surface area contributed by atoms with Gasteiger partial charge in [0.2, 0.25) is 0 Å². The fourth-order valence-corrected chi connectivity index (χ4v) is 2.06. The van der Waals surface area contributed by atoms with Gasteiger partial charge in [0.25, 0.3) is 0 Å². The fourth-order valence-electron chi connectivity index (χ4n) is 1.78. The van der Waals surface area contributed by atoms with Crippen molar-refractivity contribution in [2.45, 2.75) is 19.7 Å². The molecule has 2 aromatic rings. The maximum absolute atomic E-state index is 12.4. The summed E-state index contributed by atoms with van der Waals surface area (Å²) in [5, 5.41) is 0. The van der Waals surface area contributed by atoms with Crippen molar-refractivity contribution in [1.82, 2.24) is 9.55 Å². The number of hydrogen-bond acceptors (Lipinski definition) is 2. The molecule has 0 amide bonds. The number of halogens is 3. The number of imidazole rings is 1. The maximum atomic E-state index is 12.4. The van der Waals surface area contributed by atoms with Gasteiger partial charge in [0.15, 0.2) is 10.5 Å². The normalized spacial score (nSPS) is 11.6.